The highest BCUT2D eigenvalue weighted by molar-refractivity contribution is 6.24. The van der Waals surface area contributed by atoms with Gasteiger partial charge in [0.05, 0.1) is 5.56 Å². The lowest BCUT2D eigenvalue weighted by molar-refractivity contribution is -0.137. The molecular weight excluding hydrogens is 397 g/mol. The molecule has 2 aromatic carbocycles. The molecule has 0 aromatic heterocycles. The smallest absolute Gasteiger partial charge is 0.349 e. The molecule has 0 atom stereocenters. The Balaban J connectivity index is 1.88. The summed E-state index contributed by atoms with van der Waals surface area (Å²) >= 11 is 0. The predicted octanol–water partition coefficient (Wildman–Crippen LogP) is 4.04. The average Bonchev–Trinajstić information content (AvgIpc) is 3.54. The minimum absolute atomic E-state index is 0.0977. The number of benzene rings is 2. The van der Waals surface area contributed by atoms with Crippen LogP contribution in [0.3, 0.4) is 0 Å². The molecule has 2 aromatic rings. The van der Waals surface area contributed by atoms with E-state index in [1.54, 1.807) is 30.3 Å². The van der Waals surface area contributed by atoms with Crippen LogP contribution in [0.2, 0.25) is 0 Å². The number of hydroxylamine groups is 1. The molecule has 0 bridgehead atoms. The zero-order chi connectivity index (χ0) is 21.7. The van der Waals surface area contributed by atoms with Crippen LogP contribution in [-0.2, 0) is 15.8 Å². The van der Waals surface area contributed by atoms with E-state index in [1.807, 2.05) is 0 Å². The van der Waals surface area contributed by atoms with Crippen LogP contribution >= 0.6 is 0 Å². The van der Waals surface area contributed by atoms with Crippen molar-refractivity contribution >= 4 is 29.5 Å². The zero-order valence-electron chi connectivity index (χ0n) is 15.7. The number of alkyl halides is 3. The van der Waals surface area contributed by atoms with Gasteiger partial charge in [0.2, 0.25) is 0 Å². The maximum Gasteiger partial charge on any atom is 0.416 e. The molecule has 0 heterocycles. The topological polar surface area (TPSA) is 78.4 Å². The van der Waals surface area contributed by atoms with Gasteiger partial charge in [-0.05, 0) is 53.8 Å². The first-order valence-corrected chi connectivity index (χ1v) is 9.18. The summed E-state index contributed by atoms with van der Waals surface area (Å²) in [5.41, 5.74) is 2.70. The number of rotatable bonds is 6. The zero-order valence-corrected chi connectivity index (χ0v) is 15.7. The molecule has 0 unspecified atom stereocenters. The Labute approximate surface area is 170 Å². The third-order valence-corrected chi connectivity index (χ3v) is 4.47. The van der Waals surface area contributed by atoms with Crippen molar-refractivity contribution in [1.29, 1.82) is 0 Å². The molecular formula is C22H19F3N2O3. The fourth-order valence-corrected chi connectivity index (χ4v) is 2.69. The first-order chi connectivity index (χ1) is 14.3. The van der Waals surface area contributed by atoms with Crippen molar-refractivity contribution in [1.82, 2.24) is 10.8 Å². The van der Waals surface area contributed by atoms with Crippen LogP contribution in [0.15, 0.2) is 54.6 Å². The van der Waals surface area contributed by atoms with Gasteiger partial charge in [0.1, 0.15) is 0 Å². The fourth-order valence-electron chi connectivity index (χ4n) is 2.69. The maximum absolute atomic E-state index is 12.8. The second-order valence-corrected chi connectivity index (χ2v) is 6.86. The SMILES string of the molecule is O=C(/C=C/c1ccc(/C=C(/C(=O)NC2CC2)c2ccc(C(F)(F)F)cc2)cc1)NO. The Morgan fingerprint density at radius 2 is 1.57 bits per heavy atom. The summed E-state index contributed by atoms with van der Waals surface area (Å²) in [5, 5.41) is 11.3. The van der Waals surface area contributed by atoms with Crippen molar-refractivity contribution in [3.63, 3.8) is 0 Å². The molecule has 0 spiro atoms. The van der Waals surface area contributed by atoms with Crippen LogP contribution in [0.25, 0.3) is 17.7 Å². The van der Waals surface area contributed by atoms with Gasteiger partial charge in [-0.2, -0.15) is 13.2 Å². The van der Waals surface area contributed by atoms with E-state index >= 15 is 0 Å². The monoisotopic (exact) mass is 416 g/mol. The van der Waals surface area contributed by atoms with Crippen LogP contribution in [0.5, 0.6) is 0 Å². The largest absolute Gasteiger partial charge is 0.416 e. The lowest BCUT2D eigenvalue weighted by Crippen LogP contribution is -2.26. The standard InChI is InChI=1S/C22H19F3N2O3/c23-22(24,25)17-8-6-16(7-9-17)19(21(29)26-18-10-11-18)13-15-3-1-14(2-4-15)5-12-20(28)27-30/h1-9,12-13,18,30H,10-11H2,(H,26,29)(H,27,28)/b12-5+,19-13+. The molecule has 3 N–H and O–H groups in total. The Kier molecular flexibility index (Phi) is 6.37. The van der Waals surface area contributed by atoms with Crippen LogP contribution in [0.4, 0.5) is 13.2 Å². The molecule has 1 saturated carbocycles. The molecule has 0 aliphatic heterocycles. The van der Waals surface area contributed by atoms with Gasteiger partial charge in [-0.15, -0.1) is 0 Å². The number of hydrogen-bond acceptors (Lipinski definition) is 3. The predicted molar refractivity (Wildman–Crippen MR) is 106 cm³/mol. The van der Waals surface area contributed by atoms with E-state index in [1.165, 1.54) is 23.7 Å². The Hall–Kier alpha value is -3.39. The van der Waals surface area contributed by atoms with Crippen LogP contribution in [0, 0.1) is 0 Å². The highest BCUT2D eigenvalue weighted by atomic mass is 19.4. The highest BCUT2D eigenvalue weighted by Crippen LogP contribution is 2.31. The Bertz CT molecular complexity index is 974. The van der Waals surface area contributed by atoms with Crippen molar-refractivity contribution in [2.75, 3.05) is 0 Å². The molecule has 30 heavy (non-hydrogen) atoms. The van der Waals surface area contributed by atoms with Crippen molar-refractivity contribution in [3.05, 3.63) is 76.9 Å². The molecule has 8 heteroatoms. The number of halogens is 3. The van der Waals surface area contributed by atoms with Gasteiger partial charge in [0.15, 0.2) is 0 Å². The Morgan fingerprint density at radius 3 is 2.10 bits per heavy atom. The first-order valence-electron chi connectivity index (χ1n) is 9.18. The number of amides is 2. The summed E-state index contributed by atoms with van der Waals surface area (Å²) in [7, 11) is 0. The first kappa shape index (κ1) is 21.3. The molecule has 0 radical (unpaired) electrons. The average molecular weight is 416 g/mol. The minimum Gasteiger partial charge on any atom is -0.349 e. The van der Waals surface area contributed by atoms with E-state index in [2.05, 4.69) is 5.32 Å². The lowest BCUT2D eigenvalue weighted by Gasteiger charge is -2.11. The maximum atomic E-state index is 12.8. The van der Waals surface area contributed by atoms with Crippen molar-refractivity contribution in [3.8, 4) is 0 Å². The number of carbonyl (C=O) groups excluding carboxylic acids is 2. The minimum atomic E-state index is -4.45. The van der Waals surface area contributed by atoms with E-state index in [0.717, 1.165) is 31.1 Å². The van der Waals surface area contributed by atoms with Crippen molar-refractivity contribution in [2.24, 2.45) is 0 Å². The van der Waals surface area contributed by atoms with Crippen LogP contribution < -0.4 is 10.8 Å². The summed E-state index contributed by atoms with van der Waals surface area (Å²) in [6.45, 7) is 0. The summed E-state index contributed by atoms with van der Waals surface area (Å²) in [5.74, 6) is -1.01. The molecule has 156 valence electrons. The van der Waals surface area contributed by atoms with Gasteiger partial charge in [0, 0.05) is 17.7 Å². The van der Waals surface area contributed by atoms with E-state index in [9.17, 15) is 22.8 Å². The summed E-state index contributed by atoms with van der Waals surface area (Å²) in [4.78, 5) is 23.7. The van der Waals surface area contributed by atoms with Crippen LogP contribution in [0.1, 0.15) is 35.1 Å². The van der Waals surface area contributed by atoms with Gasteiger partial charge in [-0.1, -0.05) is 36.4 Å². The van der Waals surface area contributed by atoms with Gasteiger partial charge in [0.25, 0.3) is 11.8 Å². The second-order valence-electron chi connectivity index (χ2n) is 6.86. The van der Waals surface area contributed by atoms with Crippen LogP contribution in [-0.4, -0.2) is 23.1 Å². The number of hydrogen-bond donors (Lipinski definition) is 3. The molecule has 1 aliphatic rings. The highest BCUT2D eigenvalue weighted by Gasteiger charge is 2.30. The fraction of sp³-hybridized carbons (Fsp3) is 0.182. The van der Waals surface area contributed by atoms with Gasteiger partial charge < -0.3 is 5.32 Å². The lowest BCUT2D eigenvalue weighted by atomic mass is 10.00. The quantitative estimate of drug-likeness (QED) is 0.288. The summed E-state index contributed by atoms with van der Waals surface area (Å²) in [6.07, 6.45) is 1.57. The van der Waals surface area contributed by atoms with Gasteiger partial charge in [-0.25, -0.2) is 5.48 Å². The molecule has 1 aliphatic carbocycles. The van der Waals surface area contributed by atoms with E-state index in [0.29, 0.717) is 16.7 Å². The van der Waals surface area contributed by atoms with Gasteiger partial charge in [-0.3, -0.25) is 14.8 Å². The number of nitrogens with one attached hydrogen (secondary N) is 2. The normalized spacial score (nSPS) is 14.6. The molecule has 0 saturated heterocycles. The molecule has 1 fully saturated rings. The van der Waals surface area contributed by atoms with E-state index < -0.39 is 17.6 Å². The van der Waals surface area contributed by atoms with Crippen molar-refractivity contribution in [2.45, 2.75) is 25.1 Å². The number of carbonyl (C=O) groups is 2. The third kappa shape index (κ3) is 5.81. The summed E-state index contributed by atoms with van der Waals surface area (Å²) in [6, 6.07) is 11.4. The molecule has 3 rings (SSSR count). The molecule has 2 amide bonds. The molecule has 5 nitrogen and oxygen atoms in total. The van der Waals surface area contributed by atoms with Crippen molar-refractivity contribution < 1.29 is 28.0 Å². The summed E-state index contributed by atoms with van der Waals surface area (Å²) < 4.78 is 38.5. The van der Waals surface area contributed by atoms with E-state index in [-0.39, 0.29) is 17.5 Å². The second kappa shape index (κ2) is 8.96. The third-order valence-electron chi connectivity index (χ3n) is 4.47. The Morgan fingerprint density at radius 1 is 0.967 bits per heavy atom. The van der Waals surface area contributed by atoms with Gasteiger partial charge >= 0.3 is 6.18 Å². The van der Waals surface area contributed by atoms with E-state index in [4.69, 9.17) is 5.21 Å².